The second-order valence-electron chi connectivity index (χ2n) is 6.53. The van der Waals surface area contributed by atoms with E-state index in [9.17, 15) is 0 Å². The molecule has 10 unspecified atom stereocenters. The zero-order valence-corrected chi connectivity index (χ0v) is 8.04. The fraction of sp³-hybridized carbons (Fsp3) is 0.846. The number of ether oxygens (including phenoxy) is 1. The van der Waals surface area contributed by atoms with Gasteiger partial charge in [0.1, 0.15) is 6.10 Å². The van der Waals surface area contributed by atoms with Crippen molar-refractivity contribution in [2.24, 2.45) is 53.3 Å². The number of hydrogen-bond donors (Lipinski definition) is 0. The molecule has 0 aromatic rings. The lowest BCUT2D eigenvalue weighted by molar-refractivity contribution is -0.0607. The smallest absolute Gasteiger partial charge is 0.105 e. The van der Waals surface area contributed by atoms with Crippen LogP contribution < -0.4 is 0 Å². The molecule has 5 aliphatic carbocycles. The van der Waals surface area contributed by atoms with Crippen molar-refractivity contribution in [1.29, 1.82) is 0 Å². The van der Waals surface area contributed by atoms with Crippen LogP contribution in [0.25, 0.3) is 0 Å². The van der Waals surface area contributed by atoms with E-state index in [4.69, 9.17) is 4.74 Å². The maximum absolute atomic E-state index is 6.00. The lowest BCUT2D eigenvalue weighted by Crippen LogP contribution is -2.48. The van der Waals surface area contributed by atoms with Gasteiger partial charge in [-0.25, -0.2) is 0 Å². The zero-order chi connectivity index (χ0) is 8.60. The van der Waals surface area contributed by atoms with Crippen molar-refractivity contribution < 1.29 is 4.74 Å². The minimum atomic E-state index is 0.666. The normalized spacial score (nSPS) is 82.3. The van der Waals surface area contributed by atoms with Crippen LogP contribution in [0, 0.1) is 53.3 Å². The number of rotatable bonds is 0. The predicted octanol–water partition coefficient (Wildman–Crippen LogP) is 1.90. The first-order valence-electron chi connectivity index (χ1n) is 6.29. The quantitative estimate of drug-likeness (QED) is 0.561. The number of fused-ring (bicyclic) bond motifs is 1. The first kappa shape index (κ1) is 6.19. The summed E-state index contributed by atoms with van der Waals surface area (Å²) in [6.45, 7) is 0. The molecule has 0 aromatic carbocycles. The summed E-state index contributed by atoms with van der Waals surface area (Å²) in [7, 11) is 0. The van der Waals surface area contributed by atoms with Crippen LogP contribution in [0.2, 0.25) is 0 Å². The Morgan fingerprint density at radius 1 is 0.857 bits per heavy atom. The van der Waals surface area contributed by atoms with Crippen molar-refractivity contribution in [2.45, 2.75) is 12.5 Å². The molecule has 0 spiro atoms. The van der Waals surface area contributed by atoms with Gasteiger partial charge in [-0.3, -0.25) is 0 Å². The minimum Gasteiger partial charge on any atom is -0.498 e. The molecule has 7 rings (SSSR count). The van der Waals surface area contributed by atoms with Crippen molar-refractivity contribution in [2.75, 3.05) is 0 Å². The fourth-order valence-electron chi connectivity index (χ4n) is 7.18. The molecule has 1 heteroatoms. The zero-order valence-electron chi connectivity index (χ0n) is 8.04. The Kier molecular flexibility index (Phi) is 0.657. The molecule has 2 aliphatic heterocycles. The van der Waals surface area contributed by atoms with Crippen LogP contribution in [-0.2, 0) is 4.74 Å². The highest BCUT2D eigenvalue weighted by atomic mass is 16.5. The van der Waals surface area contributed by atoms with E-state index in [2.05, 4.69) is 12.3 Å². The SMILES string of the molecule is C1=CC2C3C4CC5C3C(O1)C1C2C4C51. The average molecular weight is 186 g/mol. The van der Waals surface area contributed by atoms with Crippen LogP contribution in [0.3, 0.4) is 0 Å². The monoisotopic (exact) mass is 186 g/mol. The lowest BCUT2D eigenvalue weighted by atomic mass is 9.57. The van der Waals surface area contributed by atoms with Gasteiger partial charge in [-0.05, 0) is 53.9 Å². The van der Waals surface area contributed by atoms with E-state index in [0.29, 0.717) is 6.10 Å². The van der Waals surface area contributed by atoms with Crippen molar-refractivity contribution in [3.05, 3.63) is 12.3 Å². The largest absolute Gasteiger partial charge is 0.498 e. The van der Waals surface area contributed by atoms with Crippen LogP contribution in [0.1, 0.15) is 6.42 Å². The van der Waals surface area contributed by atoms with Crippen LogP contribution >= 0.6 is 0 Å². The van der Waals surface area contributed by atoms with Gasteiger partial charge < -0.3 is 4.74 Å². The maximum atomic E-state index is 6.00. The second-order valence-corrected chi connectivity index (χ2v) is 6.53. The van der Waals surface area contributed by atoms with Gasteiger partial charge in [0.15, 0.2) is 0 Å². The van der Waals surface area contributed by atoms with Gasteiger partial charge in [0.2, 0.25) is 0 Å². The molecule has 7 aliphatic rings. The van der Waals surface area contributed by atoms with Gasteiger partial charge in [-0.15, -0.1) is 0 Å². The van der Waals surface area contributed by atoms with Crippen LogP contribution in [0.5, 0.6) is 0 Å². The molecule has 2 heterocycles. The third kappa shape index (κ3) is 0.339. The van der Waals surface area contributed by atoms with Crippen molar-refractivity contribution in [3.8, 4) is 0 Å². The predicted molar refractivity (Wildman–Crippen MR) is 50.0 cm³/mol. The molecule has 0 radical (unpaired) electrons. The third-order valence-electron chi connectivity index (χ3n) is 6.93. The van der Waals surface area contributed by atoms with Crippen molar-refractivity contribution >= 4 is 0 Å². The summed E-state index contributed by atoms with van der Waals surface area (Å²) in [5.74, 6) is 9.60. The van der Waals surface area contributed by atoms with Gasteiger partial charge >= 0.3 is 0 Å². The summed E-state index contributed by atoms with van der Waals surface area (Å²) in [4.78, 5) is 0. The van der Waals surface area contributed by atoms with Crippen LogP contribution in [0.15, 0.2) is 12.3 Å². The standard InChI is InChI=1S/C13H14O/c1-2-14-13-11-6-3-5-7(11)4(1)8-9(5)10(6)12(8)13/h1-2,4-13H,3H2. The molecule has 1 nitrogen and oxygen atoms in total. The first-order chi connectivity index (χ1) is 6.97. The summed E-state index contributed by atoms with van der Waals surface area (Å²) < 4.78 is 6.00. The van der Waals surface area contributed by atoms with Crippen LogP contribution in [0.4, 0.5) is 0 Å². The number of allylic oxidation sites excluding steroid dienone is 1. The molecule has 4 bridgehead atoms. The highest BCUT2D eigenvalue weighted by Crippen LogP contribution is 2.85. The molecule has 5 saturated carbocycles. The molecule has 0 saturated heterocycles. The molecular formula is C13H14O. The van der Waals surface area contributed by atoms with Crippen molar-refractivity contribution in [3.63, 3.8) is 0 Å². The van der Waals surface area contributed by atoms with Gasteiger partial charge in [0.25, 0.3) is 0 Å². The Bertz CT molecular complexity index is 385. The average Bonchev–Trinajstić information content (AvgIpc) is 2.57. The molecule has 10 atom stereocenters. The molecule has 5 fully saturated rings. The molecule has 14 heavy (non-hydrogen) atoms. The van der Waals surface area contributed by atoms with E-state index in [-0.39, 0.29) is 0 Å². The van der Waals surface area contributed by atoms with E-state index >= 15 is 0 Å². The van der Waals surface area contributed by atoms with E-state index in [0.717, 1.165) is 53.3 Å². The maximum Gasteiger partial charge on any atom is 0.105 e. The Labute approximate surface area is 83.5 Å². The van der Waals surface area contributed by atoms with Gasteiger partial charge in [-0.1, -0.05) is 0 Å². The molecule has 0 aromatic heterocycles. The highest BCUT2D eigenvalue weighted by molar-refractivity contribution is 5.33. The van der Waals surface area contributed by atoms with E-state index < -0.39 is 0 Å². The Morgan fingerprint density at radius 2 is 1.71 bits per heavy atom. The second kappa shape index (κ2) is 1.48. The molecule has 72 valence electrons. The molecular weight excluding hydrogens is 172 g/mol. The van der Waals surface area contributed by atoms with Gasteiger partial charge in [0.05, 0.1) is 6.26 Å². The summed E-state index contributed by atoms with van der Waals surface area (Å²) in [5, 5.41) is 0. The minimum absolute atomic E-state index is 0.666. The van der Waals surface area contributed by atoms with Crippen LogP contribution in [-0.4, -0.2) is 6.10 Å². The highest BCUT2D eigenvalue weighted by Gasteiger charge is 2.84. The van der Waals surface area contributed by atoms with Gasteiger partial charge in [-0.2, -0.15) is 0 Å². The summed E-state index contributed by atoms with van der Waals surface area (Å²) in [6, 6.07) is 0. The van der Waals surface area contributed by atoms with E-state index in [1.165, 1.54) is 0 Å². The van der Waals surface area contributed by atoms with Crippen molar-refractivity contribution in [1.82, 2.24) is 0 Å². The topological polar surface area (TPSA) is 9.23 Å². The third-order valence-corrected chi connectivity index (χ3v) is 6.93. The Morgan fingerprint density at radius 3 is 2.71 bits per heavy atom. The summed E-state index contributed by atoms with van der Waals surface area (Å²) in [6.07, 6.45) is 6.74. The Balaban J connectivity index is 1.76. The lowest BCUT2D eigenvalue weighted by Gasteiger charge is -2.48. The first-order valence-corrected chi connectivity index (χ1v) is 6.29. The molecule has 0 amide bonds. The Hall–Kier alpha value is -0.460. The fourth-order valence-corrected chi connectivity index (χ4v) is 7.18. The summed E-state index contributed by atoms with van der Waals surface area (Å²) >= 11 is 0. The number of hydrogen-bond acceptors (Lipinski definition) is 1. The molecule has 0 N–H and O–H groups in total. The van der Waals surface area contributed by atoms with E-state index in [1.807, 2.05) is 0 Å². The summed E-state index contributed by atoms with van der Waals surface area (Å²) in [5.41, 5.74) is 0. The van der Waals surface area contributed by atoms with Gasteiger partial charge in [0, 0.05) is 11.8 Å². The van der Waals surface area contributed by atoms with E-state index in [1.54, 1.807) is 6.42 Å².